The molecular formula is C28H21F3N2O7S. The first kappa shape index (κ1) is 27.9. The van der Waals surface area contributed by atoms with Gasteiger partial charge in [0.05, 0.1) is 16.7 Å². The number of phenolic OH excluding ortho intramolecular Hbond substituents is 1. The molecule has 4 aromatic rings. The molecule has 0 radical (unpaired) electrons. The van der Waals surface area contributed by atoms with Crippen molar-refractivity contribution in [3.8, 4) is 5.75 Å². The highest BCUT2D eigenvalue weighted by molar-refractivity contribution is 7.93. The minimum atomic E-state index is -5.48. The number of phenols is 1. The largest absolute Gasteiger partial charge is 0.507 e. The van der Waals surface area contributed by atoms with Crippen molar-refractivity contribution in [2.45, 2.75) is 36.9 Å². The second-order valence-corrected chi connectivity index (χ2v) is 11.2. The predicted molar refractivity (Wildman–Crippen MR) is 143 cm³/mol. The summed E-state index contributed by atoms with van der Waals surface area (Å²) >= 11 is 0. The third kappa shape index (κ3) is 4.82. The summed E-state index contributed by atoms with van der Waals surface area (Å²) in [5.41, 5.74) is -0.411. The molecule has 0 saturated heterocycles. The molecule has 0 fully saturated rings. The average Bonchev–Trinajstić information content (AvgIpc) is 3.22. The highest BCUT2D eigenvalue weighted by Crippen LogP contribution is 2.43. The van der Waals surface area contributed by atoms with Crippen LogP contribution in [0.2, 0.25) is 0 Å². The molecule has 0 saturated carbocycles. The summed E-state index contributed by atoms with van der Waals surface area (Å²) in [6.07, 6.45) is -6.37. The van der Waals surface area contributed by atoms with Gasteiger partial charge in [0.25, 0.3) is 21.7 Å². The van der Waals surface area contributed by atoms with E-state index in [2.05, 4.69) is 10.0 Å². The monoisotopic (exact) mass is 586 g/mol. The number of alkyl halides is 3. The predicted octanol–water partition coefficient (Wildman–Crippen LogP) is 5.23. The Kier molecular flexibility index (Phi) is 6.65. The van der Waals surface area contributed by atoms with Gasteiger partial charge in [-0.2, -0.15) is 13.2 Å². The van der Waals surface area contributed by atoms with Crippen LogP contribution in [0.5, 0.6) is 5.75 Å². The van der Waals surface area contributed by atoms with E-state index in [1.807, 2.05) is 0 Å². The number of benzene rings is 4. The number of fused-ring (bicyclic) bond motifs is 1. The molecule has 4 aromatic carbocycles. The maximum absolute atomic E-state index is 13.7. The number of anilines is 2. The SMILES string of the molecule is CC(C)OC(=O)[C@H](C(=O)C(F)(F)F)c1cc(NS(=O)(=O)c2ccc3c4c(cccc24)C(=O)N3)c2ccccc2c1O. The van der Waals surface area contributed by atoms with Gasteiger partial charge in [0.1, 0.15) is 5.75 Å². The molecule has 3 N–H and O–H groups in total. The van der Waals surface area contributed by atoms with Crippen LogP contribution in [0.4, 0.5) is 24.5 Å². The first-order valence-corrected chi connectivity index (χ1v) is 13.6. The number of amides is 1. The quantitative estimate of drug-likeness (QED) is 0.153. The first-order chi connectivity index (χ1) is 19.2. The lowest BCUT2D eigenvalue weighted by Gasteiger charge is -2.22. The van der Waals surface area contributed by atoms with Gasteiger partial charge >= 0.3 is 12.1 Å². The fourth-order valence-electron chi connectivity index (χ4n) is 4.82. The summed E-state index contributed by atoms with van der Waals surface area (Å²) in [6, 6.07) is 13.7. The van der Waals surface area contributed by atoms with E-state index in [0.717, 1.165) is 6.07 Å². The zero-order valence-corrected chi connectivity index (χ0v) is 22.2. The summed E-state index contributed by atoms with van der Waals surface area (Å²) in [6.45, 7) is 2.74. The molecule has 1 aliphatic rings. The molecule has 0 unspecified atom stereocenters. The van der Waals surface area contributed by atoms with Crippen molar-refractivity contribution in [2.75, 3.05) is 10.0 Å². The van der Waals surface area contributed by atoms with Crippen LogP contribution in [0, 0.1) is 0 Å². The van der Waals surface area contributed by atoms with E-state index in [-0.39, 0.29) is 32.3 Å². The number of rotatable bonds is 7. The van der Waals surface area contributed by atoms with Crippen molar-refractivity contribution < 1.29 is 45.8 Å². The molecule has 0 aromatic heterocycles. The van der Waals surface area contributed by atoms with Crippen LogP contribution in [-0.4, -0.2) is 43.5 Å². The topological polar surface area (TPSA) is 139 Å². The summed E-state index contributed by atoms with van der Waals surface area (Å²) in [7, 11) is -4.49. The van der Waals surface area contributed by atoms with Crippen molar-refractivity contribution in [2.24, 2.45) is 0 Å². The lowest BCUT2D eigenvalue weighted by molar-refractivity contribution is -0.178. The standard InChI is InChI=1S/C28H21F3N2O7S/c1-13(2)40-27(37)23(25(35)28(29,30)31)18-12-20(14-6-3-4-7-15(14)24(18)34)33-41(38,39)21-11-10-19-22-16(21)8-5-9-17(22)26(36)32-19/h3-13,23,33-34H,1-2H3,(H,32,36)/t23-/m0/s1. The van der Waals surface area contributed by atoms with Gasteiger partial charge < -0.3 is 15.2 Å². The van der Waals surface area contributed by atoms with Gasteiger partial charge in [0, 0.05) is 38.4 Å². The number of halogens is 3. The zero-order chi connectivity index (χ0) is 29.9. The number of ketones is 1. The minimum Gasteiger partial charge on any atom is -0.507 e. The Balaban J connectivity index is 1.70. The number of carbonyl (C=O) groups is 3. The zero-order valence-electron chi connectivity index (χ0n) is 21.4. The number of esters is 1. The van der Waals surface area contributed by atoms with Gasteiger partial charge in [-0.05, 0) is 38.1 Å². The van der Waals surface area contributed by atoms with Gasteiger partial charge in [-0.1, -0.05) is 36.4 Å². The molecular weight excluding hydrogens is 565 g/mol. The summed E-state index contributed by atoms with van der Waals surface area (Å²) in [5, 5.41) is 14.1. The van der Waals surface area contributed by atoms with E-state index in [9.17, 15) is 41.1 Å². The summed E-state index contributed by atoms with van der Waals surface area (Å²) < 4.78 is 75.4. The lowest BCUT2D eigenvalue weighted by atomic mass is 9.90. The molecule has 5 rings (SSSR count). The molecule has 0 bridgehead atoms. The van der Waals surface area contributed by atoms with Crippen molar-refractivity contribution >= 4 is 60.6 Å². The Morgan fingerprint density at radius 3 is 2.29 bits per heavy atom. The van der Waals surface area contributed by atoms with Crippen molar-refractivity contribution in [1.82, 2.24) is 0 Å². The third-order valence-corrected chi connectivity index (χ3v) is 7.94. The van der Waals surface area contributed by atoms with Crippen LogP contribution in [0.15, 0.2) is 65.6 Å². The number of nitrogens with one attached hydrogen (secondary N) is 2. The highest BCUT2D eigenvalue weighted by Gasteiger charge is 2.49. The Morgan fingerprint density at radius 1 is 0.976 bits per heavy atom. The van der Waals surface area contributed by atoms with Crippen molar-refractivity contribution in [3.05, 3.63) is 71.8 Å². The minimum absolute atomic E-state index is 0.0792. The second kappa shape index (κ2) is 9.77. The van der Waals surface area contributed by atoms with E-state index in [1.165, 1.54) is 68.4 Å². The van der Waals surface area contributed by atoms with E-state index in [4.69, 9.17) is 4.74 Å². The third-order valence-electron chi connectivity index (χ3n) is 6.51. The fourth-order valence-corrected chi connectivity index (χ4v) is 6.10. The van der Waals surface area contributed by atoms with Crippen molar-refractivity contribution in [1.29, 1.82) is 0 Å². The summed E-state index contributed by atoms with van der Waals surface area (Å²) in [5.74, 6) is -7.91. The Morgan fingerprint density at radius 2 is 1.63 bits per heavy atom. The van der Waals surface area contributed by atoms with Gasteiger partial charge in [-0.15, -0.1) is 0 Å². The van der Waals surface area contributed by atoms with Gasteiger partial charge in [-0.25, -0.2) is 8.42 Å². The molecule has 212 valence electrons. The molecule has 13 heteroatoms. The van der Waals surface area contributed by atoms with E-state index in [0.29, 0.717) is 11.1 Å². The molecule has 1 atom stereocenters. The fraction of sp³-hybridized carbons (Fsp3) is 0.179. The number of Topliss-reactive ketones (excluding diaryl/α,β-unsaturated/α-hetero) is 1. The lowest BCUT2D eigenvalue weighted by Crippen LogP contribution is -2.35. The molecule has 9 nitrogen and oxygen atoms in total. The van der Waals surface area contributed by atoms with Crippen LogP contribution >= 0.6 is 0 Å². The Labute approximate surface area is 231 Å². The van der Waals surface area contributed by atoms with E-state index >= 15 is 0 Å². The van der Waals surface area contributed by atoms with Crippen LogP contribution < -0.4 is 10.0 Å². The van der Waals surface area contributed by atoms with Crippen LogP contribution in [0.1, 0.15) is 35.7 Å². The van der Waals surface area contributed by atoms with Crippen molar-refractivity contribution in [3.63, 3.8) is 0 Å². The number of aromatic hydroxyl groups is 1. The highest BCUT2D eigenvalue weighted by atomic mass is 32.2. The average molecular weight is 587 g/mol. The Bertz CT molecular complexity index is 1890. The maximum atomic E-state index is 13.7. The number of hydrogen-bond acceptors (Lipinski definition) is 7. The van der Waals surface area contributed by atoms with Gasteiger partial charge in [-0.3, -0.25) is 19.1 Å². The molecule has 41 heavy (non-hydrogen) atoms. The summed E-state index contributed by atoms with van der Waals surface area (Å²) in [4.78, 5) is 37.2. The molecule has 0 spiro atoms. The normalized spacial score (nSPS) is 13.9. The smallest absolute Gasteiger partial charge is 0.451 e. The van der Waals surface area contributed by atoms with Crippen LogP contribution in [0.25, 0.3) is 21.5 Å². The molecule has 1 aliphatic heterocycles. The van der Waals surface area contributed by atoms with Crippen LogP contribution in [-0.2, 0) is 24.3 Å². The number of hydrogen-bond donors (Lipinski definition) is 3. The number of carbonyl (C=O) groups excluding carboxylic acids is 3. The van der Waals surface area contributed by atoms with Gasteiger partial charge in [0.2, 0.25) is 0 Å². The molecule has 1 heterocycles. The molecule has 1 amide bonds. The van der Waals surface area contributed by atoms with E-state index in [1.54, 1.807) is 0 Å². The van der Waals surface area contributed by atoms with E-state index < -0.39 is 57.2 Å². The van der Waals surface area contributed by atoms with Crippen LogP contribution in [0.3, 0.4) is 0 Å². The Hall–Kier alpha value is -4.65. The molecule has 0 aliphatic carbocycles. The first-order valence-electron chi connectivity index (χ1n) is 12.2. The second-order valence-electron chi connectivity index (χ2n) is 9.59. The van der Waals surface area contributed by atoms with Gasteiger partial charge in [0.15, 0.2) is 5.92 Å². The number of ether oxygens (including phenoxy) is 1. The maximum Gasteiger partial charge on any atom is 0.451 e. The number of sulfonamides is 1.